The fourth-order valence-corrected chi connectivity index (χ4v) is 3.00. The molecular formula is C18H17ClN2O. The van der Waals surface area contributed by atoms with Gasteiger partial charge >= 0.3 is 0 Å². The molecule has 1 unspecified atom stereocenters. The highest BCUT2D eigenvalue weighted by Crippen LogP contribution is 2.31. The monoisotopic (exact) mass is 312 g/mol. The van der Waals surface area contributed by atoms with E-state index < -0.39 is 0 Å². The minimum absolute atomic E-state index is 0.279. The van der Waals surface area contributed by atoms with Crippen LogP contribution in [0.2, 0.25) is 5.02 Å². The maximum Gasteiger partial charge on any atom is 0.225 e. The number of primary amides is 1. The van der Waals surface area contributed by atoms with Crippen molar-refractivity contribution in [3.05, 3.63) is 65.3 Å². The summed E-state index contributed by atoms with van der Waals surface area (Å²) in [4.78, 5) is 11.8. The van der Waals surface area contributed by atoms with Gasteiger partial charge in [0.05, 0.1) is 11.4 Å². The van der Waals surface area contributed by atoms with E-state index in [9.17, 15) is 4.79 Å². The lowest BCUT2D eigenvalue weighted by Gasteiger charge is -2.09. The minimum Gasteiger partial charge on any atom is -0.369 e. The Balaban J connectivity index is 2.24. The molecule has 2 N–H and O–H groups in total. The third-order valence-corrected chi connectivity index (χ3v) is 4.23. The standard InChI is InChI=1S/C18H17ClN2O/c1-2-14(18(20)22)16-11-21(13-9-7-12(19)8-10-13)17-6-4-3-5-15(16)17/h3-11,14H,2H2,1H3,(H2,20,22). The Bertz CT molecular complexity index is 821. The summed E-state index contributed by atoms with van der Waals surface area (Å²) in [7, 11) is 0. The molecule has 0 aliphatic rings. The molecule has 1 atom stereocenters. The van der Waals surface area contributed by atoms with Gasteiger partial charge in [0, 0.05) is 22.3 Å². The van der Waals surface area contributed by atoms with E-state index in [1.807, 2.05) is 61.7 Å². The number of hydrogen-bond acceptors (Lipinski definition) is 1. The summed E-state index contributed by atoms with van der Waals surface area (Å²) in [6.07, 6.45) is 2.69. The highest BCUT2D eigenvalue weighted by molar-refractivity contribution is 6.30. The number of carbonyl (C=O) groups is 1. The molecule has 0 radical (unpaired) electrons. The van der Waals surface area contributed by atoms with Crippen LogP contribution in [0.5, 0.6) is 0 Å². The Morgan fingerprint density at radius 1 is 1.18 bits per heavy atom. The summed E-state index contributed by atoms with van der Waals surface area (Å²) in [5, 5.41) is 1.76. The van der Waals surface area contributed by atoms with Gasteiger partial charge in [0.15, 0.2) is 0 Å². The number of rotatable bonds is 4. The number of benzene rings is 2. The maximum absolute atomic E-state index is 11.8. The fourth-order valence-electron chi connectivity index (χ4n) is 2.87. The number of fused-ring (bicyclic) bond motifs is 1. The van der Waals surface area contributed by atoms with Crippen LogP contribution in [0, 0.1) is 0 Å². The summed E-state index contributed by atoms with van der Waals surface area (Å²) < 4.78 is 2.08. The quantitative estimate of drug-likeness (QED) is 0.768. The lowest BCUT2D eigenvalue weighted by Crippen LogP contribution is -2.20. The zero-order valence-electron chi connectivity index (χ0n) is 12.3. The van der Waals surface area contributed by atoms with Crippen LogP contribution < -0.4 is 5.73 Å². The second-order valence-electron chi connectivity index (χ2n) is 5.31. The van der Waals surface area contributed by atoms with Crippen LogP contribution in [0.1, 0.15) is 24.8 Å². The molecule has 0 bridgehead atoms. The Hall–Kier alpha value is -2.26. The predicted octanol–water partition coefficient (Wildman–Crippen LogP) is 4.26. The third kappa shape index (κ3) is 2.48. The van der Waals surface area contributed by atoms with Gasteiger partial charge in [0.2, 0.25) is 5.91 Å². The molecule has 3 aromatic rings. The zero-order valence-corrected chi connectivity index (χ0v) is 13.0. The lowest BCUT2D eigenvalue weighted by molar-refractivity contribution is -0.119. The van der Waals surface area contributed by atoms with Crippen molar-refractivity contribution in [2.45, 2.75) is 19.3 Å². The highest BCUT2D eigenvalue weighted by Gasteiger charge is 2.21. The van der Waals surface area contributed by atoms with Crippen molar-refractivity contribution in [1.29, 1.82) is 0 Å². The van der Waals surface area contributed by atoms with Crippen molar-refractivity contribution < 1.29 is 4.79 Å². The Morgan fingerprint density at radius 2 is 1.86 bits per heavy atom. The number of halogens is 1. The summed E-state index contributed by atoms with van der Waals surface area (Å²) >= 11 is 5.97. The summed E-state index contributed by atoms with van der Waals surface area (Å²) in [5.74, 6) is -0.569. The average Bonchev–Trinajstić information content (AvgIpc) is 2.88. The highest BCUT2D eigenvalue weighted by atomic mass is 35.5. The molecule has 0 aliphatic heterocycles. The van der Waals surface area contributed by atoms with Gasteiger partial charge < -0.3 is 10.3 Å². The number of aromatic nitrogens is 1. The molecule has 3 nitrogen and oxygen atoms in total. The van der Waals surface area contributed by atoms with E-state index in [0.29, 0.717) is 11.4 Å². The van der Waals surface area contributed by atoms with Gasteiger partial charge in [-0.1, -0.05) is 36.7 Å². The number of para-hydroxylation sites is 1. The Morgan fingerprint density at radius 3 is 2.50 bits per heavy atom. The number of carbonyl (C=O) groups excluding carboxylic acids is 1. The summed E-state index contributed by atoms with van der Waals surface area (Å²) in [5.41, 5.74) is 8.61. The topological polar surface area (TPSA) is 48.0 Å². The molecule has 1 amide bonds. The van der Waals surface area contributed by atoms with Gasteiger partial charge in [-0.3, -0.25) is 4.79 Å². The molecule has 1 heterocycles. The van der Waals surface area contributed by atoms with E-state index in [0.717, 1.165) is 22.2 Å². The van der Waals surface area contributed by atoms with Gasteiger partial charge in [-0.25, -0.2) is 0 Å². The van der Waals surface area contributed by atoms with Crippen LogP contribution in [0.3, 0.4) is 0 Å². The molecule has 4 heteroatoms. The molecule has 0 fully saturated rings. The van der Waals surface area contributed by atoms with Crippen LogP contribution in [-0.4, -0.2) is 10.5 Å². The number of nitrogens with zero attached hydrogens (tertiary/aromatic N) is 1. The van der Waals surface area contributed by atoms with Crippen molar-refractivity contribution in [2.24, 2.45) is 5.73 Å². The first-order valence-corrected chi connectivity index (χ1v) is 7.65. The number of amides is 1. The zero-order chi connectivity index (χ0) is 15.7. The van der Waals surface area contributed by atoms with E-state index in [4.69, 9.17) is 17.3 Å². The van der Waals surface area contributed by atoms with Gasteiger partial charge in [-0.2, -0.15) is 0 Å². The number of hydrogen-bond donors (Lipinski definition) is 1. The second-order valence-corrected chi connectivity index (χ2v) is 5.75. The van der Waals surface area contributed by atoms with E-state index >= 15 is 0 Å². The molecule has 2 aromatic carbocycles. The minimum atomic E-state index is -0.290. The SMILES string of the molecule is CCC(C(N)=O)c1cn(-c2ccc(Cl)cc2)c2ccccc12. The summed E-state index contributed by atoms with van der Waals surface area (Å²) in [6, 6.07) is 15.7. The average molecular weight is 313 g/mol. The Kier molecular flexibility index (Phi) is 3.90. The Labute approximate surface area is 134 Å². The van der Waals surface area contributed by atoms with Crippen LogP contribution in [-0.2, 0) is 4.79 Å². The van der Waals surface area contributed by atoms with E-state index in [2.05, 4.69) is 4.57 Å². The van der Waals surface area contributed by atoms with Crippen molar-refractivity contribution in [3.63, 3.8) is 0 Å². The second kappa shape index (κ2) is 5.85. The molecule has 0 spiro atoms. The molecule has 3 rings (SSSR count). The molecule has 0 aliphatic carbocycles. The third-order valence-electron chi connectivity index (χ3n) is 3.97. The van der Waals surface area contributed by atoms with Crippen molar-refractivity contribution in [1.82, 2.24) is 4.57 Å². The van der Waals surface area contributed by atoms with Gasteiger partial charge in [0.1, 0.15) is 0 Å². The van der Waals surface area contributed by atoms with E-state index in [1.165, 1.54) is 0 Å². The van der Waals surface area contributed by atoms with Gasteiger partial charge in [0.25, 0.3) is 0 Å². The first-order chi connectivity index (χ1) is 10.6. The molecule has 1 aromatic heterocycles. The molecule has 112 valence electrons. The van der Waals surface area contributed by atoms with Crippen molar-refractivity contribution >= 4 is 28.4 Å². The van der Waals surface area contributed by atoms with Gasteiger partial charge in [-0.05, 0) is 42.3 Å². The first-order valence-electron chi connectivity index (χ1n) is 7.27. The van der Waals surface area contributed by atoms with Gasteiger partial charge in [-0.15, -0.1) is 0 Å². The molecular weight excluding hydrogens is 296 g/mol. The van der Waals surface area contributed by atoms with Crippen LogP contribution in [0.15, 0.2) is 54.7 Å². The first kappa shape index (κ1) is 14.7. The summed E-state index contributed by atoms with van der Waals surface area (Å²) in [6.45, 7) is 1.98. The molecule has 0 saturated carbocycles. The maximum atomic E-state index is 11.8. The van der Waals surface area contributed by atoms with Crippen LogP contribution >= 0.6 is 11.6 Å². The normalized spacial score (nSPS) is 12.5. The fraction of sp³-hybridized carbons (Fsp3) is 0.167. The molecule has 0 saturated heterocycles. The smallest absolute Gasteiger partial charge is 0.225 e. The van der Waals surface area contributed by atoms with Crippen molar-refractivity contribution in [2.75, 3.05) is 0 Å². The van der Waals surface area contributed by atoms with E-state index in [-0.39, 0.29) is 11.8 Å². The lowest BCUT2D eigenvalue weighted by atomic mass is 9.95. The van der Waals surface area contributed by atoms with E-state index in [1.54, 1.807) is 0 Å². The van der Waals surface area contributed by atoms with Crippen LogP contribution in [0.25, 0.3) is 16.6 Å². The largest absolute Gasteiger partial charge is 0.369 e. The van der Waals surface area contributed by atoms with Crippen LogP contribution in [0.4, 0.5) is 0 Å². The molecule has 22 heavy (non-hydrogen) atoms. The number of nitrogens with two attached hydrogens (primary N) is 1. The van der Waals surface area contributed by atoms with Crippen molar-refractivity contribution in [3.8, 4) is 5.69 Å². The predicted molar refractivity (Wildman–Crippen MR) is 90.5 cm³/mol.